The molecule has 9 heteroatoms. The van der Waals surface area contributed by atoms with Crippen molar-refractivity contribution in [3.63, 3.8) is 0 Å². The molecule has 1 amide bonds. The number of aliphatic imine (C=N–C) groups is 1. The molecule has 1 aromatic carbocycles. The van der Waals surface area contributed by atoms with Gasteiger partial charge in [0.25, 0.3) is 0 Å². The topological polar surface area (TPSA) is 93.4 Å². The lowest BCUT2D eigenvalue weighted by molar-refractivity contribution is -0.141. The van der Waals surface area contributed by atoms with Gasteiger partial charge in [-0.1, -0.05) is 35.5 Å². The number of allylic oxidation sites excluding steroid dienone is 1. The van der Waals surface area contributed by atoms with Crippen LogP contribution in [0.2, 0.25) is 0 Å². The van der Waals surface area contributed by atoms with Crippen LogP contribution in [0.25, 0.3) is 0 Å². The first-order valence-corrected chi connectivity index (χ1v) is 12.2. The highest BCUT2D eigenvalue weighted by Gasteiger charge is 2.41. The van der Waals surface area contributed by atoms with Crippen molar-refractivity contribution in [3.05, 3.63) is 81.4 Å². The van der Waals surface area contributed by atoms with Gasteiger partial charge in [-0.05, 0) is 49.4 Å². The van der Waals surface area contributed by atoms with E-state index in [1.165, 1.54) is 11.8 Å². The number of thioether (sulfide) groups is 1. The van der Waals surface area contributed by atoms with Gasteiger partial charge in [-0.3, -0.25) is 4.79 Å². The van der Waals surface area contributed by atoms with E-state index in [4.69, 9.17) is 18.9 Å². The number of esters is 1. The van der Waals surface area contributed by atoms with Crippen molar-refractivity contribution in [1.82, 2.24) is 10.2 Å². The third-order valence-corrected chi connectivity index (χ3v) is 6.73. The number of rotatable bonds is 9. The summed E-state index contributed by atoms with van der Waals surface area (Å²) >= 11 is 1.45. The van der Waals surface area contributed by atoms with E-state index >= 15 is 0 Å². The standard InChI is InChI=1S/C26H29N3O5S/c1-16-7-8-21(17(2)12-16)24-23(25(31)34-11-10-32-4)18(3)28-26-29(24)19(15-35-26)13-22(30)27-14-20-6-5-9-33-20/h5-9,12,15,24H,10-11,13-14H2,1-4H3,(H,27,30)/t24-/m0/s1. The molecule has 0 aliphatic carbocycles. The molecule has 0 radical (unpaired) electrons. The van der Waals surface area contributed by atoms with Crippen LogP contribution < -0.4 is 5.32 Å². The number of nitrogens with one attached hydrogen (secondary N) is 1. The van der Waals surface area contributed by atoms with Crippen molar-refractivity contribution in [1.29, 1.82) is 0 Å². The molecule has 184 valence electrons. The highest BCUT2D eigenvalue weighted by Crippen LogP contribution is 2.45. The largest absolute Gasteiger partial charge is 0.467 e. The molecule has 3 heterocycles. The molecule has 1 atom stereocenters. The monoisotopic (exact) mass is 495 g/mol. The number of aryl methyl sites for hydroxylation is 2. The molecule has 2 aliphatic heterocycles. The zero-order valence-electron chi connectivity index (χ0n) is 20.3. The molecule has 0 fully saturated rings. The SMILES string of the molecule is COCCOC(=O)C1=C(C)N=C2SC=C(CC(=O)NCc3ccco3)N2[C@H]1c1ccc(C)cc1C. The molecule has 1 N–H and O–H groups in total. The predicted octanol–water partition coefficient (Wildman–Crippen LogP) is 4.37. The third-order valence-electron chi connectivity index (χ3n) is 5.84. The lowest BCUT2D eigenvalue weighted by atomic mass is 9.90. The summed E-state index contributed by atoms with van der Waals surface area (Å²) in [6.45, 7) is 6.65. The molecule has 35 heavy (non-hydrogen) atoms. The van der Waals surface area contributed by atoms with Crippen molar-refractivity contribution in [3.8, 4) is 0 Å². The van der Waals surface area contributed by atoms with Crippen molar-refractivity contribution in [2.75, 3.05) is 20.3 Å². The Morgan fingerprint density at radius 3 is 2.74 bits per heavy atom. The van der Waals surface area contributed by atoms with Crippen LogP contribution in [0.15, 0.2) is 68.4 Å². The number of carbonyl (C=O) groups is 2. The molecule has 0 saturated heterocycles. The minimum absolute atomic E-state index is 0.138. The molecule has 8 nitrogen and oxygen atoms in total. The van der Waals surface area contributed by atoms with Crippen LogP contribution in [-0.4, -0.2) is 42.3 Å². The number of furan rings is 1. The van der Waals surface area contributed by atoms with E-state index in [1.54, 1.807) is 19.4 Å². The lowest BCUT2D eigenvalue weighted by Crippen LogP contribution is -2.38. The van der Waals surface area contributed by atoms with E-state index in [0.29, 0.717) is 30.2 Å². The number of amidine groups is 1. The molecule has 0 bridgehead atoms. The van der Waals surface area contributed by atoms with E-state index in [-0.39, 0.29) is 18.9 Å². The smallest absolute Gasteiger partial charge is 0.338 e. The van der Waals surface area contributed by atoms with Gasteiger partial charge in [-0.25, -0.2) is 9.79 Å². The van der Waals surface area contributed by atoms with E-state index in [2.05, 4.69) is 11.4 Å². The maximum Gasteiger partial charge on any atom is 0.338 e. The summed E-state index contributed by atoms with van der Waals surface area (Å²) in [7, 11) is 1.56. The lowest BCUT2D eigenvalue weighted by Gasteiger charge is -2.37. The molecule has 4 rings (SSSR count). The van der Waals surface area contributed by atoms with Crippen molar-refractivity contribution in [2.45, 2.75) is 39.8 Å². The second-order valence-electron chi connectivity index (χ2n) is 8.41. The fourth-order valence-electron chi connectivity index (χ4n) is 4.18. The summed E-state index contributed by atoms with van der Waals surface area (Å²) in [4.78, 5) is 32.7. The van der Waals surface area contributed by atoms with Gasteiger partial charge in [0.1, 0.15) is 12.4 Å². The van der Waals surface area contributed by atoms with Gasteiger partial charge >= 0.3 is 5.97 Å². The van der Waals surface area contributed by atoms with Gasteiger partial charge < -0.3 is 24.1 Å². The zero-order chi connectivity index (χ0) is 24.9. The maximum atomic E-state index is 13.2. The van der Waals surface area contributed by atoms with Crippen LogP contribution in [0, 0.1) is 13.8 Å². The minimum Gasteiger partial charge on any atom is -0.467 e. The van der Waals surface area contributed by atoms with E-state index < -0.39 is 12.0 Å². The normalized spacial score (nSPS) is 17.1. The minimum atomic E-state index is -0.461. The van der Waals surface area contributed by atoms with Crippen LogP contribution in [-0.2, 0) is 25.6 Å². The molecule has 1 aromatic heterocycles. The molecule has 0 saturated carbocycles. The van der Waals surface area contributed by atoms with Crippen LogP contribution in [0.4, 0.5) is 0 Å². The molecular formula is C26H29N3O5S. The van der Waals surface area contributed by atoms with Gasteiger partial charge in [-0.15, -0.1) is 0 Å². The average molecular weight is 496 g/mol. The third kappa shape index (κ3) is 5.52. The second kappa shape index (κ2) is 11.0. The van der Waals surface area contributed by atoms with Crippen LogP contribution in [0.1, 0.15) is 41.8 Å². The summed E-state index contributed by atoms with van der Waals surface area (Å²) in [5, 5.41) is 5.55. The number of hydrogen-bond donors (Lipinski definition) is 1. The quantitative estimate of drug-likeness (QED) is 0.408. The Balaban J connectivity index is 1.64. The Bertz CT molecular complexity index is 1200. The number of benzene rings is 1. The summed E-state index contributed by atoms with van der Waals surface area (Å²) < 4.78 is 15.9. The van der Waals surface area contributed by atoms with Crippen LogP contribution >= 0.6 is 11.8 Å². The summed E-state index contributed by atoms with van der Waals surface area (Å²) in [5.74, 6) is 0.0939. The Hall–Kier alpha value is -3.30. The number of nitrogens with zero attached hydrogens (tertiary/aromatic N) is 2. The molecule has 2 aliphatic rings. The van der Waals surface area contributed by atoms with Crippen molar-refractivity contribution in [2.24, 2.45) is 4.99 Å². The average Bonchev–Trinajstić information content (AvgIpc) is 3.47. The first-order valence-electron chi connectivity index (χ1n) is 11.4. The number of fused-ring (bicyclic) bond motifs is 1. The van der Waals surface area contributed by atoms with Crippen molar-refractivity contribution >= 4 is 28.8 Å². The first-order chi connectivity index (χ1) is 16.9. The molecule has 0 unspecified atom stereocenters. The highest BCUT2D eigenvalue weighted by molar-refractivity contribution is 8.16. The number of carbonyl (C=O) groups excluding carboxylic acids is 2. The first kappa shape index (κ1) is 24.8. The van der Waals surface area contributed by atoms with Crippen LogP contribution in [0.3, 0.4) is 0 Å². The van der Waals surface area contributed by atoms with Crippen LogP contribution in [0.5, 0.6) is 0 Å². The Morgan fingerprint density at radius 2 is 2.03 bits per heavy atom. The fraction of sp³-hybridized carbons (Fsp3) is 0.346. The van der Waals surface area contributed by atoms with E-state index in [9.17, 15) is 9.59 Å². The van der Waals surface area contributed by atoms with Gasteiger partial charge in [0.15, 0.2) is 5.17 Å². The van der Waals surface area contributed by atoms with E-state index in [0.717, 1.165) is 27.6 Å². The maximum absolute atomic E-state index is 13.2. The molecule has 0 spiro atoms. The van der Waals surface area contributed by atoms with Gasteiger partial charge in [0.2, 0.25) is 5.91 Å². The Kier molecular flexibility index (Phi) is 7.77. The molecular weight excluding hydrogens is 466 g/mol. The number of ether oxygens (including phenoxy) is 2. The summed E-state index contributed by atoms with van der Waals surface area (Å²) in [6, 6.07) is 9.28. The highest BCUT2D eigenvalue weighted by atomic mass is 32.2. The van der Waals surface area contributed by atoms with Crippen molar-refractivity contribution < 1.29 is 23.5 Å². The van der Waals surface area contributed by atoms with Gasteiger partial charge in [-0.2, -0.15) is 0 Å². The predicted molar refractivity (Wildman–Crippen MR) is 134 cm³/mol. The summed E-state index contributed by atoms with van der Waals surface area (Å²) in [6.07, 6.45) is 1.71. The number of hydrogen-bond acceptors (Lipinski definition) is 8. The number of amides is 1. The van der Waals surface area contributed by atoms with E-state index in [1.807, 2.05) is 49.3 Å². The van der Waals surface area contributed by atoms with Gasteiger partial charge in [0, 0.05) is 12.8 Å². The van der Waals surface area contributed by atoms with Gasteiger partial charge in [0.05, 0.1) is 43.1 Å². The Labute approximate surface area is 209 Å². The second-order valence-corrected chi connectivity index (χ2v) is 9.25. The molecule has 2 aromatic rings. The Morgan fingerprint density at radius 1 is 1.20 bits per heavy atom. The zero-order valence-corrected chi connectivity index (χ0v) is 21.1. The summed E-state index contributed by atoms with van der Waals surface area (Å²) in [5.41, 5.74) is 4.97. The fourth-order valence-corrected chi connectivity index (χ4v) is 5.14. The number of methoxy groups -OCH3 is 1.